The molecule has 0 aromatic heterocycles. The second kappa shape index (κ2) is 9.66. The number of carbonyl (C=O) groups excluding carboxylic acids is 1. The molecule has 4 N–H and O–H groups in total. The maximum atomic E-state index is 13.1. The lowest BCUT2D eigenvalue weighted by Gasteiger charge is -2.25. The first-order chi connectivity index (χ1) is 14.6. The van der Waals surface area contributed by atoms with E-state index in [1.807, 2.05) is 42.3 Å². The average molecular weight is 412 g/mol. The molecule has 7 heteroatoms. The fraction of sp³-hybridized carbons (Fsp3) is 0.435. The van der Waals surface area contributed by atoms with Crippen LogP contribution in [0.25, 0.3) is 0 Å². The minimum absolute atomic E-state index is 0.00156. The molecule has 0 saturated carbocycles. The van der Waals surface area contributed by atoms with Gasteiger partial charge in [0.15, 0.2) is 0 Å². The van der Waals surface area contributed by atoms with Gasteiger partial charge in [0.25, 0.3) is 0 Å². The quantitative estimate of drug-likeness (QED) is 0.564. The summed E-state index contributed by atoms with van der Waals surface area (Å²) in [5.41, 5.74) is 15.2. The van der Waals surface area contributed by atoms with E-state index in [0.29, 0.717) is 12.6 Å². The number of amides is 1. The molecule has 0 bridgehead atoms. The number of benzene rings is 2. The van der Waals surface area contributed by atoms with Gasteiger partial charge in [0.05, 0.1) is 12.0 Å². The van der Waals surface area contributed by atoms with E-state index in [1.54, 1.807) is 0 Å². The number of nitrogens with one attached hydrogen (secondary N) is 4. The van der Waals surface area contributed by atoms with Crippen LogP contribution in [-0.4, -0.2) is 37.0 Å². The Balaban J connectivity index is 1.23. The van der Waals surface area contributed by atoms with Crippen LogP contribution in [0.1, 0.15) is 42.5 Å². The number of nitrogens with zero attached hydrogens (tertiary/aromatic N) is 1. The van der Waals surface area contributed by atoms with Crippen molar-refractivity contribution in [2.45, 2.75) is 37.4 Å². The van der Waals surface area contributed by atoms with Crippen molar-refractivity contribution < 1.29 is 9.18 Å². The molecule has 4 rings (SSSR count). The van der Waals surface area contributed by atoms with Crippen molar-refractivity contribution in [2.75, 3.05) is 20.1 Å². The molecule has 160 valence electrons. The van der Waals surface area contributed by atoms with Crippen molar-refractivity contribution in [3.63, 3.8) is 0 Å². The van der Waals surface area contributed by atoms with Gasteiger partial charge in [0.2, 0.25) is 5.91 Å². The summed E-state index contributed by atoms with van der Waals surface area (Å²) in [7, 11) is 1.89. The summed E-state index contributed by atoms with van der Waals surface area (Å²) in [4.78, 5) is 14.9. The third-order valence-electron chi connectivity index (χ3n) is 6.13. The zero-order valence-corrected chi connectivity index (χ0v) is 17.3. The molecule has 2 aliphatic rings. The second-order valence-electron chi connectivity index (χ2n) is 8.25. The van der Waals surface area contributed by atoms with E-state index >= 15 is 0 Å². The van der Waals surface area contributed by atoms with Crippen LogP contribution in [0.4, 0.5) is 4.39 Å². The Morgan fingerprint density at radius 3 is 2.57 bits per heavy atom. The highest BCUT2D eigenvalue weighted by atomic mass is 19.1. The lowest BCUT2D eigenvalue weighted by Crippen LogP contribution is -2.38. The maximum Gasteiger partial charge on any atom is 0.228 e. The smallest absolute Gasteiger partial charge is 0.228 e. The zero-order valence-electron chi connectivity index (χ0n) is 17.3. The fourth-order valence-electron chi connectivity index (χ4n) is 4.40. The molecule has 0 radical (unpaired) electrons. The minimum atomic E-state index is -0.212. The molecule has 4 atom stereocenters. The monoisotopic (exact) mass is 411 g/mol. The van der Waals surface area contributed by atoms with Gasteiger partial charge in [-0.15, -0.1) is 0 Å². The van der Waals surface area contributed by atoms with Crippen molar-refractivity contribution in [1.82, 2.24) is 26.6 Å². The Hall–Kier alpha value is -2.32. The highest BCUT2D eigenvalue weighted by molar-refractivity contribution is 5.80. The van der Waals surface area contributed by atoms with Crippen molar-refractivity contribution in [3.05, 3.63) is 71.5 Å². The third-order valence-corrected chi connectivity index (χ3v) is 6.13. The molecule has 0 spiro atoms. The molecule has 2 heterocycles. The summed E-state index contributed by atoms with van der Waals surface area (Å²) in [6.07, 6.45) is 2.86. The van der Waals surface area contributed by atoms with E-state index < -0.39 is 0 Å². The van der Waals surface area contributed by atoms with Gasteiger partial charge in [-0.2, -0.15) is 0 Å². The van der Waals surface area contributed by atoms with Crippen LogP contribution in [0.5, 0.6) is 0 Å². The van der Waals surface area contributed by atoms with Crippen molar-refractivity contribution in [2.24, 2.45) is 5.92 Å². The largest absolute Gasteiger partial charge is 0.345 e. The summed E-state index contributed by atoms with van der Waals surface area (Å²) >= 11 is 0. The molecule has 2 saturated heterocycles. The Labute approximate surface area is 177 Å². The zero-order chi connectivity index (χ0) is 20.9. The number of halogens is 1. The summed E-state index contributed by atoms with van der Waals surface area (Å²) in [6.45, 7) is 1.37. The molecule has 1 amide bonds. The van der Waals surface area contributed by atoms with Crippen molar-refractivity contribution in [1.29, 1.82) is 0 Å². The predicted octanol–water partition coefficient (Wildman–Crippen LogP) is 2.44. The van der Waals surface area contributed by atoms with E-state index in [0.717, 1.165) is 36.9 Å². The summed E-state index contributed by atoms with van der Waals surface area (Å²) in [5.74, 6) is -0.147. The highest BCUT2D eigenvalue weighted by Crippen LogP contribution is 2.27. The lowest BCUT2D eigenvalue weighted by molar-refractivity contribution is -0.134. The van der Waals surface area contributed by atoms with Gasteiger partial charge >= 0.3 is 0 Å². The SMILES string of the molecule is CN(CCCC1CC(c2ccc(F)cc2)NN1)C(=O)C1CNNC1c1ccccc1. The molecule has 2 fully saturated rings. The average Bonchev–Trinajstić information content (AvgIpc) is 3.44. The van der Waals surface area contributed by atoms with Crippen LogP contribution in [0, 0.1) is 11.7 Å². The fourth-order valence-corrected chi connectivity index (χ4v) is 4.40. The van der Waals surface area contributed by atoms with Crippen LogP contribution in [-0.2, 0) is 4.79 Å². The van der Waals surface area contributed by atoms with E-state index in [2.05, 4.69) is 33.8 Å². The molecule has 4 unspecified atom stereocenters. The third kappa shape index (κ3) is 4.87. The van der Waals surface area contributed by atoms with E-state index in [-0.39, 0.29) is 29.7 Å². The van der Waals surface area contributed by atoms with Crippen LogP contribution in [0.15, 0.2) is 54.6 Å². The Morgan fingerprint density at radius 2 is 1.80 bits per heavy atom. The van der Waals surface area contributed by atoms with Crippen LogP contribution < -0.4 is 21.7 Å². The first-order valence-electron chi connectivity index (χ1n) is 10.7. The van der Waals surface area contributed by atoms with Crippen LogP contribution >= 0.6 is 0 Å². The first-order valence-corrected chi connectivity index (χ1v) is 10.7. The first kappa shape index (κ1) is 20.9. The number of carbonyl (C=O) groups is 1. The molecule has 0 aliphatic carbocycles. The molecule has 2 aromatic rings. The molecular weight excluding hydrogens is 381 g/mol. The standard InChI is InChI=1S/C23H30FN5O/c1-29(23(30)20-15-25-28-22(20)17-6-3-2-4-7-17)13-5-8-19-14-21(27-26-19)16-9-11-18(24)12-10-16/h2-4,6-7,9-12,19-22,25-28H,5,8,13-15H2,1H3. The van der Waals surface area contributed by atoms with Crippen molar-refractivity contribution in [3.8, 4) is 0 Å². The normalized spacial score (nSPS) is 26.1. The van der Waals surface area contributed by atoms with E-state index in [1.165, 1.54) is 12.1 Å². The van der Waals surface area contributed by atoms with Crippen LogP contribution in [0.3, 0.4) is 0 Å². The molecule has 6 nitrogen and oxygen atoms in total. The maximum absolute atomic E-state index is 13.1. The van der Waals surface area contributed by atoms with Gasteiger partial charge in [-0.25, -0.2) is 9.82 Å². The Bertz CT molecular complexity index is 831. The van der Waals surface area contributed by atoms with Gasteiger partial charge in [-0.1, -0.05) is 42.5 Å². The highest BCUT2D eigenvalue weighted by Gasteiger charge is 2.35. The van der Waals surface area contributed by atoms with Gasteiger partial charge in [-0.05, 0) is 42.5 Å². The minimum Gasteiger partial charge on any atom is -0.345 e. The Morgan fingerprint density at radius 1 is 1.03 bits per heavy atom. The summed E-state index contributed by atoms with van der Waals surface area (Å²) in [5, 5.41) is 0. The van der Waals surface area contributed by atoms with Gasteiger partial charge in [0.1, 0.15) is 5.82 Å². The van der Waals surface area contributed by atoms with Gasteiger partial charge in [0, 0.05) is 32.2 Å². The molecule has 2 aromatic carbocycles. The Kier molecular flexibility index (Phi) is 6.74. The predicted molar refractivity (Wildman–Crippen MR) is 114 cm³/mol. The topological polar surface area (TPSA) is 68.4 Å². The number of hydrogen-bond acceptors (Lipinski definition) is 5. The summed E-state index contributed by atoms with van der Waals surface area (Å²) < 4.78 is 13.1. The van der Waals surface area contributed by atoms with Gasteiger partial charge < -0.3 is 4.90 Å². The lowest BCUT2D eigenvalue weighted by atomic mass is 9.93. The number of hydrogen-bond donors (Lipinski definition) is 4. The van der Waals surface area contributed by atoms with Crippen molar-refractivity contribution >= 4 is 5.91 Å². The number of rotatable bonds is 7. The van der Waals surface area contributed by atoms with Gasteiger partial charge in [-0.3, -0.25) is 21.1 Å². The molecule has 2 aliphatic heterocycles. The second-order valence-corrected chi connectivity index (χ2v) is 8.25. The van der Waals surface area contributed by atoms with Crippen LogP contribution in [0.2, 0.25) is 0 Å². The van der Waals surface area contributed by atoms with E-state index in [4.69, 9.17) is 0 Å². The number of hydrazine groups is 2. The molecule has 30 heavy (non-hydrogen) atoms. The van der Waals surface area contributed by atoms with E-state index in [9.17, 15) is 9.18 Å². The molecular formula is C23H30FN5O. The summed E-state index contributed by atoms with van der Waals surface area (Å²) in [6, 6.07) is 17.3.